The largest absolute Gasteiger partial charge is 0.449 e. The number of ether oxygens (including phenoxy) is 14. The van der Waals surface area contributed by atoms with E-state index in [0.29, 0.717) is 145 Å². The summed E-state index contributed by atoms with van der Waals surface area (Å²) in [6, 6.07) is 16.4. The third-order valence-corrected chi connectivity index (χ3v) is 9.69. The van der Waals surface area contributed by atoms with Crippen LogP contribution in [0, 0.1) is 23.3 Å². The van der Waals surface area contributed by atoms with Crippen LogP contribution in [0.15, 0.2) is 54.6 Å². The molecule has 1 aliphatic carbocycles. The van der Waals surface area contributed by atoms with Crippen LogP contribution in [0.2, 0.25) is 0 Å². The topological polar surface area (TPSA) is 175 Å². The maximum Gasteiger partial charge on any atom is 0.407 e. The molecule has 1 amide bonds. The summed E-state index contributed by atoms with van der Waals surface area (Å²) < 4.78 is 129. The molecule has 1 aliphatic rings. The SMILES string of the molecule is O=C(CCOCCOCCOCCOCCOCCOCCOCCOCCOCCOCCOCCOCCNC(=O)OCC1c2ccccc2-c2ccccc21)Oc1c(F)c(F)cc(F)c1F. The number of rotatable bonds is 42. The van der Waals surface area contributed by atoms with Crippen molar-refractivity contribution in [3.05, 3.63) is 89.0 Å². The minimum Gasteiger partial charge on any atom is -0.449 e. The van der Waals surface area contributed by atoms with Crippen molar-refractivity contribution in [2.24, 2.45) is 0 Å². The number of carbonyl (C=O) groups is 2. The molecule has 1 N–H and O–H groups in total. The van der Waals surface area contributed by atoms with E-state index >= 15 is 0 Å². The Balaban J connectivity index is 0.762. The van der Waals surface area contributed by atoms with Crippen LogP contribution >= 0.6 is 0 Å². The van der Waals surface area contributed by atoms with Crippen molar-refractivity contribution in [3.63, 3.8) is 0 Å². The van der Waals surface area contributed by atoms with Crippen LogP contribution < -0.4 is 10.1 Å². The van der Waals surface area contributed by atoms with Gasteiger partial charge in [0, 0.05) is 18.5 Å². The average molecular weight is 988 g/mol. The number of amides is 1. The number of esters is 1. The highest BCUT2D eigenvalue weighted by molar-refractivity contribution is 5.79. The number of benzene rings is 3. The summed E-state index contributed by atoms with van der Waals surface area (Å²) in [6.45, 7) is 9.42. The second kappa shape index (κ2) is 36.6. The van der Waals surface area contributed by atoms with Crippen LogP contribution in [0.1, 0.15) is 23.5 Å². The van der Waals surface area contributed by atoms with E-state index in [1.54, 1.807) is 0 Å². The predicted molar refractivity (Wildman–Crippen MR) is 239 cm³/mol. The van der Waals surface area contributed by atoms with Gasteiger partial charge in [-0.2, -0.15) is 8.78 Å². The number of halogens is 4. The molecule has 0 radical (unpaired) electrons. The molecule has 4 rings (SSSR count). The number of hydrogen-bond donors (Lipinski definition) is 1. The van der Waals surface area contributed by atoms with Crippen LogP contribution in [0.25, 0.3) is 11.1 Å². The van der Waals surface area contributed by atoms with Gasteiger partial charge in [-0.25, -0.2) is 13.6 Å². The van der Waals surface area contributed by atoms with Crippen molar-refractivity contribution < 1.29 is 93.5 Å². The van der Waals surface area contributed by atoms with Crippen LogP contribution in [0.4, 0.5) is 22.4 Å². The fraction of sp³-hybridized carbons (Fsp3) is 0.583. The van der Waals surface area contributed by atoms with Gasteiger partial charge < -0.3 is 71.6 Å². The van der Waals surface area contributed by atoms with Crippen LogP contribution in [0.5, 0.6) is 5.75 Å². The lowest BCUT2D eigenvalue weighted by Gasteiger charge is -2.14. The van der Waals surface area contributed by atoms with E-state index in [4.69, 9.17) is 61.6 Å². The van der Waals surface area contributed by atoms with Crippen LogP contribution in [0.3, 0.4) is 0 Å². The molecule has 0 fully saturated rings. The maximum absolute atomic E-state index is 13.6. The first-order valence-electron chi connectivity index (χ1n) is 22.9. The standard InChI is InChI=1S/C48H65F4NO16/c49-42-35-43(50)46(52)47(45(42)51)69-44(54)9-11-56-13-15-58-17-19-60-21-23-62-25-27-64-29-31-66-33-34-67-32-30-65-28-26-63-24-22-61-20-18-59-16-14-57-12-10-53-48(55)68-36-41-39-7-3-1-5-37(39)38-6-2-4-8-40(38)41/h1-8,35,41H,9-34,36H2,(H,53,55). The fourth-order valence-electron chi connectivity index (χ4n) is 6.36. The molecule has 0 aliphatic heterocycles. The summed E-state index contributed by atoms with van der Waals surface area (Å²) in [5.74, 6) is -9.49. The lowest BCUT2D eigenvalue weighted by molar-refractivity contribution is -0.136. The van der Waals surface area contributed by atoms with Gasteiger partial charge in [-0.15, -0.1) is 0 Å². The van der Waals surface area contributed by atoms with E-state index in [1.807, 2.05) is 24.3 Å². The summed E-state index contributed by atoms with van der Waals surface area (Å²) in [4.78, 5) is 24.0. The Labute approximate surface area is 400 Å². The first-order valence-corrected chi connectivity index (χ1v) is 22.9. The molecular weight excluding hydrogens is 923 g/mol. The molecule has 3 aromatic rings. The molecule has 21 heteroatoms. The molecule has 386 valence electrons. The average Bonchev–Trinajstić information content (AvgIpc) is 3.68. The number of alkyl carbamates (subject to hydrolysis) is 1. The Morgan fingerprint density at radius 2 is 0.754 bits per heavy atom. The van der Waals surface area contributed by atoms with E-state index in [9.17, 15) is 27.2 Å². The second-order valence-corrected chi connectivity index (χ2v) is 14.6. The van der Waals surface area contributed by atoms with E-state index in [-0.39, 0.29) is 38.4 Å². The van der Waals surface area contributed by atoms with E-state index in [1.165, 1.54) is 22.3 Å². The van der Waals surface area contributed by atoms with Crippen molar-refractivity contribution in [1.82, 2.24) is 5.32 Å². The van der Waals surface area contributed by atoms with Gasteiger partial charge in [0.15, 0.2) is 11.6 Å². The zero-order chi connectivity index (χ0) is 49.0. The molecule has 69 heavy (non-hydrogen) atoms. The van der Waals surface area contributed by atoms with Gasteiger partial charge in [0.2, 0.25) is 17.4 Å². The van der Waals surface area contributed by atoms with Crippen LogP contribution in [-0.4, -0.2) is 184 Å². The molecule has 0 saturated heterocycles. The molecule has 0 spiro atoms. The number of hydrogen-bond acceptors (Lipinski definition) is 16. The van der Waals surface area contributed by atoms with E-state index < -0.39 is 47.5 Å². The highest BCUT2D eigenvalue weighted by Crippen LogP contribution is 2.44. The second-order valence-electron chi connectivity index (χ2n) is 14.6. The Morgan fingerprint density at radius 3 is 1.12 bits per heavy atom. The van der Waals surface area contributed by atoms with Gasteiger partial charge in [-0.1, -0.05) is 48.5 Å². The van der Waals surface area contributed by atoms with Gasteiger partial charge in [-0.05, 0) is 22.3 Å². The van der Waals surface area contributed by atoms with Crippen molar-refractivity contribution in [2.45, 2.75) is 12.3 Å². The van der Waals surface area contributed by atoms with Crippen molar-refractivity contribution in [3.8, 4) is 16.9 Å². The highest BCUT2D eigenvalue weighted by Gasteiger charge is 2.29. The third-order valence-electron chi connectivity index (χ3n) is 9.69. The molecule has 0 saturated carbocycles. The monoisotopic (exact) mass is 987 g/mol. The summed E-state index contributed by atoms with van der Waals surface area (Å²) >= 11 is 0. The number of fused-ring (bicyclic) bond motifs is 3. The highest BCUT2D eigenvalue weighted by atomic mass is 19.2. The molecule has 0 bridgehead atoms. The molecule has 3 aromatic carbocycles. The van der Waals surface area contributed by atoms with E-state index in [0.717, 1.165) is 0 Å². The van der Waals surface area contributed by atoms with Crippen molar-refractivity contribution >= 4 is 12.1 Å². The minimum absolute atomic E-state index is 0.0165. The Hall–Kier alpha value is -4.36. The summed E-state index contributed by atoms with van der Waals surface area (Å²) in [5, 5.41) is 2.73. The fourth-order valence-corrected chi connectivity index (χ4v) is 6.36. The Bertz CT molecular complexity index is 1800. The summed E-state index contributed by atoms with van der Waals surface area (Å²) in [6.07, 6.45) is -0.869. The zero-order valence-corrected chi connectivity index (χ0v) is 38.9. The molecule has 17 nitrogen and oxygen atoms in total. The number of nitrogens with one attached hydrogen (secondary N) is 1. The van der Waals surface area contributed by atoms with Gasteiger partial charge >= 0.3 is 12.1 Å². The smallest absolute Gasteiger partial charge is 0.407 e. The number of carbonyl (C=O) groups excluding carboxylic acids is 2. The molecule has 0 heterocycles. The third kappa shape index (κ3) is 23.9. The van der Waals surface area contributed by atoms with Gasteiger partial charge in [0.05, 0.1) is 165 Å². The lowest BCUT2D eigenvalue weighted by Crippen LogP contribution is -2.29. The van der Waals surface area contributed by atoms with Gasteiger partial charge in [0.25, 0.3) is 0 Å². The Morgan fingerprint density at radius 1 is 0.435 bits per heavy atom. The van der Waals surface area contributed by atoms with Crippen molar-refractivity contribution in [1.29, 1.82) is 0 Å². The van der Waals surface area contributed by atoms with Crippen LogP contribution in [-0.2, 0) is 66.4 Å². The molecule has 0 aromatic heterocycles. The summed E-state index contributed by atoms with van der Waals surface area (Å²) in [7, 11) is 0. The summed E-state index contributed by atoms with van der Waals surface area (Å²) in [5.41, 5.74) is 4.72. The first-order chi connectivity index (χ1) is 33.9. The molecule has 0 atom stereocenters. The van der Waals surface area contributed by atoms with Crippen molar-refractivity contribution in [2.75, 3.05) is 172 Å². The molecular formula is C48H65F4NO16. The van der Waals surface area contributed by atoms with Gasteiger partial charge in [0.1, 0.15) is 6.61 Å². The molecule has 0 unspecified atom stereocenters. The normalized spacial score (nSPS) is 12.1. The zero-order valence-electron chi connectivity index (χ0n) is 38.9. The predicted octanol–water partition coefficient (Wildman–Crippen LogP) is 5.28. The van der Waals surface area contributed by atoms with E-state index in [2.05, 4.69) is 34.3 Å². The Kier molecular flexibility index (Phi) is 30.3. The maximum atomic E-state index is 13.6. The lowest BCUT2D eigenvalue weighted by atomic mass is 9.98. The minimum atomic E-state index is -1.80. The van der Waals surface area contributed by atoms with Gasteiger partial charge in [-0.3, -0.25) is 4.79 Å². The quantitative estimate of drug-likeness (QED) is 0.0255. The first kappa shape index (κ1) is 57.2.